The van der Waals surface area contributed by atoms with Crippen LogP contribution >= 0.6 is 11.3 Å². The fourth-order valence-corrected chi connectivity index (χ4v) is 2.71. The van der Waals surface area contributed by atoms with Crippen LogP contribution in [-0.2, 0) is 0 Å². The van der Waals surface area contributed by atoms with Gasteiger partial charge in [0.25, 0.3) is 5.91 Å². The molecule has 1 unspecified atom stereocenters. The third-order valence-electron chi connectivity index (χ3n) is 2.70. The fourth-order valence-electron chi connectivity index (χ4n) is 1.94. The smallest absolute Gasteiger partial charge is 0.285 e. The molecule has 19 heavy (non-hydrogen) atoms. The Morgan fingerprint density at radius 1 is 1.37 bits per heavy atom. The highest BCUT2D eigenvalue weighted by atomic mass is 32.1. The summed E-state index contributed by atoms with van der Waals surface area (Å²) < 4.78 is 0. The molecule has 0 aromatic carbocycles. The maximum absolute atomic E-state index is 12.4. The molecule has 6 nitrogen and oxygen atoms in total. The van der Waals surface area contributed by atoms with Crippen molar-refractivity contribution in [1.82, 2.24) is 20.0 Å². The lowest BCUT2D eigenvalue weighted by molar-refractivity contribution is 0.0678. The van der Waals surface area contributed by atoms with Gasteiger partial charge in [0.05, 0.1) is 0 Å². The van der Waals surface area contributed by atoms with Crippen LogP contribution in [0.25, 0.3) is 0 Å². The van der Waals surface area contributed by atoms with Gasteiger partial charge in [0, 0.05) is 25.7 Å². The molecule has 1 aromatic heterocycles. The van der Waals surface area contributed by atoms with Gasteiger partial charge >= 0.3 is 0 Å². The molecule has 1 rings (SSSR count). The lowest BCUT2D eigenvalue weighted by atomic mass is 10.2. The van der Waals surface area contributed by atoms with Gasteiger partial charge in [-0.2, -0.15) is 0 Å². The highest BCUT2D eigenvalue weighted by Crippen LogP contribution is 2.17. The van der Waals surface area contributed by atoms with Crippen molar-refractivity contribution < 1.29 is 4.79 Å². The van der Waals surface area contributed by atoms with Crippen LogP contribution in [0.5, 0.6) is 0 Å². The lowest BCUT2D eigenvalue weighted by Crippen LogP contribution is -2.43. The number of aromatic nitrogens is 2. The monoisotopic (exact) mass is 285 g/mol. The van der Waals surface area contributed by atoms with Crippen LogP contribution in [-0.4, -0.2) is 65.7 Å². The SMILES string of the molecule is CCNc1nnc(C(=O)N(CC)C(C)CN(C)C)s1. The van der Waals surface area contributed by atoms with E-state index in [1.807, 2.05) is 39.8 Å². The highest BCUT2D eigenvalue weighted by Gasteiger charge is 2.23. The Balaban J connectivity index is 2.76. The topological polar surface area (TPSA) is 61.4 Å². The van der Waals surface area contributed by atoms with Gasteiger partial charge in [-0.1, -0.05) is 11.3 Å². The Kier molecular flexibility index (Phi) is 6.17. The lowest BCUT2D eigenvalue weighted by Gasteiger charge is -2.29. The van der Waals surface area contributed by atoms with E-state index in [9.17, 15) is 4.79 Å². The molecule has 1 amide bonds. The van der Waals surface area contributed by atoms with Crippen LogP contribution in [0.4, 0.5) is 5.13 Å². The van der Waals surface area contributed by atoms with E-state index in [-0.39, 0.29) is 11.9 Å². The molecule has 108 valence electrons. The Bertz CT molecular complexity index is 407. The van der Waals surface area contributed by atoms with Crippen molar-refractivity contribution in [3.63, 3.8) is 0 Å². The molecule has 7 heteroatoms. The zero-order valence-electron chi connectivity index (χ0n) is 12.3. The van der Waals surface area contributed by atoms with Gasteiger partial charge in [-0.25, -0.2) is 0 Å². The van der Waals surface area contributed by atoms with Crippen LogP contribution in [0.3, 0.4) is 0 Å². The summed E-state index contributed by atoms with van der Waals surface area (Å²) in [5, 5.41) is 12.1. The average Bonchev–Trinajstić information content (AvgIpc) is 2.78. The molecule has 0 saturated carbocycles. The minimum absolute atomic E-state index is 0.0431. The Morgan fingerprint density at radius 2 is 2.05 bits per heavy atom. The standard InChI is InChI=1S/C12H23N5OS/c1-6-13-12-15-14-10(19-12)11(18)17(7-2)9(3)8-16(4)5/h9H,6-8H2,1-5H3,(H,13,15). The second kappa shape index (κ2) is 7.40. The quantitative estimate of drug-likeness (QED) is 0.820. The minimum atomic E-state index is -0.0431. The van der Waals surface area contributed by atoms with Crippen molar-refractivity contribution in [3.05, 3.63) is 5.01 Å². The summed E-state index contributed by atoms with van der Waals surface area (Å²) in [6.45, 7) is 8.30. The van der Waals surface area contributed by atoms with Gasteiger partial charge in [0.15, 0.2) is 0 Å². The first-order chi connectivity index (χ1) is 8.99. The number of carbonyl (C=O) groups excluding carboxylic acids is 1. The van der Waals surface area contributed by atoms with Gasteiger partial charge in [-0.3, -0.25) is 4.79 Å². The summed E-state index contributed by atoms with van der Waals surface area (Å²) in [6.07, 6.45) is 0. The summed E-state index contributed by atoms with van der Waals surface area (Å²) in [7, 11) is 4.01. The van der Waals surface area contributed by atoms with Crippen molar-refractivity contribution in [2.75, 3.05) is 39.0 Å². The van der Waals surface area contributed by atoms with Crippen LogP contribution in [0.1, 0.15) is 30.6 Å². The van der Waals surface area contributed by atoms with E-state index in [2.05, 4.69) is 20.4 Å². The van der Waals surface area contributed by atoms with Gasteiger partial charge in [0.2, 0.25) is 10.1 Å². The molecule has 1 aromatic rings. The molecule has 1 heterocycles. The minimum Gasteiger partial charge on any atom is -0.360 e. The van der Waals surface area contributed by atoms with Crippen LogP contribution in [0.2, 0.25) is 0 Å². The van der Waals surface area contributed by atoms with Crippen LogP contribution in [0.15, 0.2) is 0 Å². The molecule has 0 aliphatic heterocycles. The molecular formula is C12H23N5OS. The zero-order valence-corrected chi connectivity index (χ0v) is 13.1. The summed E-state index contributed by atoms with van der Waals surface area (Å²) >= 11 is 1.31. The Labute approximate surface area is 118 Å². The largest absolute Gasteiger partial charge is 0.360 e. The van der Waals surface area contributed by atoms with E-state index in [0.29, 0.717) is 16.7 Å². The maximum Gasteiger partial charge on any atom is 0.285 e. The molecule has 0 fully saturated rings. The number of hydrogen-bond acceptors (Lipinski definition) is 6. The second-order valence-electron chi connectivity index (χ2n) is 4.65. The summed E-state index contributed by atoms with van der Waals surface area (Å²) in [4.78, 5) is 16.3. The predicted molar refractivity (Wildman–Crippen MR) is 78.8 cm³/mol. The Hall–Kier alpha value is -1.21. The number of anilines is 1. The molecule has 0 radical (unpaired) electrons. The van der Waals surface area contributed by atoms with Crippen molar-refractivity contribution in [2.24, 2.45) is 0 Å². The molecule has 0 aliphatic carbocycles. The zero-order chi connectivity index (χ0) is 14.4. The first-order valence-electron chi connectivity index (χ1n) is 6.52. The molecule has 0 spiro atoms. The third-order valence-corrected chi connectivity index (χ3v) is 3.57. The first-order valence-corrected chi connectivity index (χ1v) is 7.34. The van der Waals surface area contributed by atoms with E-state index >= 15 is 0 Å². The molecule has 0 saturated heterocycles. The normalized spacial score (nSPS) is 12.5. The molecule has 1 N–H and O–H groups in total. The summed E-state index contributed by atoms with van der Waals surface area (Å²) in [5.41, 5.74) is 0. The van der Waals surface area contributed by atoms with E-state index in [0.717, 1.165) is 13.1 Å². The van der Waals surface area contributed by atoms with Gasteiger partial charge in [-0.05, 0) is 34.9 Å². The average molecular weight is 285 g/mol. The molecule has 0 aliphatic rings. The number of amides is 1. The van der Waals surface area contributed by atoms with Gasteiger partial charge in [-0.15, -0.1) is 10.2 Å². The molecular weight excluding hydrogens is 262 g/mol. The van der Waals surface area contributed by atoms with Crippen molar-refractivity contribution in [1.29, 1.82) is 0 Å². The number of hydrogen-bond donors (Lipinski definition) is 1. The van der Waals surface area contributed by atoms with E-state index < -0.39 is 0 Å². The van der Waals surface area contributed by atoms with Crippen LogP contribution < -0.4 is 5.32 Å². The van der Waals surface area contributed by atoms with Crippen LogP contribution in [0, 0.1) is 0 Å². The van der Waals surface area contributed by atoms with Crippen molar-refractivity contribution in [3.8, 4) is 0 Å². The van der Waals surface area contributed by atoms with Gasteiger partial charge < -0.3 is 15.1 Å². The number of carbonyl (C=O) groups is 1. The Morgan fingerprint density at radius 3 is 2.58 bits per heavy atom. The van der Waals surface area contributed by atoms with Crippen molar-refractivity contribution >= 4 is 22.4 Å². The number of nitrogens with one attached hydrogen (secondary N) is 1. The number of rotatable bonds is 7. The van der Waals surface area contributed by atoms with E-state index in [1.165, 1.54) is 11.3 Å². The number of likely N-dealkylation sites (N-methyl/N-ethyl adjacent to an activating group) is 2. The molecule has 1 atom stereocenters. The molecule has 0 bridgehead atoms. The summed E-state index contributed by atoms with van der Waals surface area (Å²) in [6, 6.07) is 0.152. The van der Waals surface area contributed by atoms with E-state index in [4.69, 9.17) is 0 Å². The fraction of sp³-hybridized carbons (Fsp3) is 0.750. The highest BCUT2D eigenvalue weighted by molar-refractivity contribution is 7.17. The first kappa shape index (κ1) is 15.8. The van der Waals surface area contributed by atoms with Gasteiger partial charge in [0.1, 0.15) is 0 Å². The van der Waals surface area contributed by atoms with Crippen molar-refractivity contribution in [2.45, 2.75) is 26.8 Å². The third kappa shape index (κ3) is 4.43. The number of nitrogens with zero attached hydrogens (tertiary/aromatic N) is 4. The summed E-state index contributed by atoms with van der Waals surface area (Å²) in [5.74, 6) is -0.0431. The maximum atomic E-state index is 12.4. The predicted octanol–water partition coefficient (Wildman–Crippen LogP) is 1.38. The second-order valence-corrected chi connectivity index (χ2v) is 5.62. The van der Waals surface area contributed by atoms with E-state index in [1.54, 1.807) is 0 Å².